The van der Waals surface area contributed by atoms with Gasteiger partial charge in [0, 0.05) is 29.7 Å². The molecule has 2 heterocycles. The van der Waals surface area contributed by atoms with Gasteiger partial charge in [0.1, 0.15) is 5.82 Å². The zero-order chi connectivity index (χ0) is 21.0. The Bertz CT molecular complexity index is 1010. The molecule has 0 spiro atoms. The number of aryl methyl sites for hydroxylation is 1. The standard InChI is InChI=1S/C23H26N4O2/c1-5-22(28)26-19-11-9-18(10-12-19)16(3)25-23(29)20-14-15(2)27(17(20)4)21-8-6-7-13-24-21/h6-14,16H,5H2,1-4H3,(H,25,29)(H,26,28). The number of anilines is 1. The molecule has 0 aliphatic carbocycles. The Morgan fingerprint density at radius 2 is 1.83 bits per heavy atom. The first-order chi connectivity index (χ1) is 13.9. The molecule has 0 bridgehead atoms. The number of nitrogens with zero attached hydrogens (tertiary/aromatic N) is 2. The number of rotatable bonds is 6. The van der Waals surface area contributed by atoms with Gasteiger partial charge >= 0.3 is 0 Å². The van der Waals surface area contributed by atoms with E-state index in [0.29, 0.717) is 12.0 Å². The van der Waals surface area contributed by atoms with Crippen LogP contribution in [0.25, 0.3) is 5.82 Å². The summed E-state index contributed by atoms with van der Waals surface area (Å²) in [6.45, 7) is 7.64. The van der Waals surface area contributed by atoms with E-state index in [1.807, 2.05) is 80.8 Å². The lowest BCUT2D eigenvalue weighted by atomic mass is 10.1. The second kappa shape index (κ2) is 8.73. The maximum absolute atomic E-state index is 12.9. The minimum Gasteiger partial charge on any atom is -0.345 e. The molecule has 1 atom stereocenters. The lowest BCUT2D eigenvalue weighted by Gasteiger charge is -2.15. The highest BCUT2D eigenvalue weighted by Crippen LogP contribution is 2.21. The van der Waals surface area contributed by atoms with Crippen LogP contribution >= 0.6 is 0 Å². The van der Waals surface area contributed by atoms with Crippen molar-refractivity contribution in [1.82, 2.24) is 14.9 Å². The topological polar surface area (TPSA) is 76.0 Å². The van der Waals surface area contributed by atoms with Gasteiger partial charge in [-0.2, -0.15) is 0 Å². The molecular weight excluding hydrogens is 364 g/mol. The molecule has 0 saturated carbocycles. The van der Waals surface area contributed by atoms with Crippen molar-refractivity contribution < 1.29 is 9.59 Å². The van der Waals surface area contributed by atoms with Gasteiger partial charge in [-0.05, 0) is 56.7 Å². The largest absolute Gasteiger partial charge is 0.345 e. The second-order valence-electron chi connectivity index (χ2n) is 7.03. The zero-order valence-corrected chi connectivity index (χ0v) is 17.2. The van der Waals surface area contributed by atoms with Crippen LogP contribution in [0.3, 0.4) is 0 Å². The summed E-state index contributed by atoms with van der Waals surface area (Å²) in [5.74, 6) is 0.637. The zero-order valence-electron chi connectivity index (χ0n) is 17.2. The molecule has 2 amide bonds. The third-order valence-electron chi connectivity index (χ3n) is 4.92. The number of carbonyl (C=O) groups is 2. The van der Waals surface area contributed by atoms with Crippen molar-refractivity contribution in [3.05, 3.63) is 77.2 Å². The summed E-state index contributed by atoms with van der Waals surface area (Å²) in [7, 11) is 0. The van der Waals surface area contributed by atoms with E-state index in [2.05, 4.69) is 15.6 Å². The van der Waals surface area contributed by atoms with Crippen molar-refractivity contribution >= 4 is 17.5 Å². The van der Waals surface area contributed by atoms with Crippen LogP contribution in [0.4, 0.5) is 5.69 Å². The highest BCUT2D eigenvalue weighted by Gasteiger charge is 2.19. The minimum absolute atomic E-state index is 0.0256. The van der Waals surface area contributed by atoms with Crippen molar-refractivity contribution in [3.63, 3.8) is 0 Å². The van der Waals surface area contributed by atoms with E-state index in [1.165, 1.54) is 0 Å². The highest BCUT2D eigenvalue weighted by molar-refractivity contribution is 5.96. The van der Waals surface area contributed by atoms with Gasteiger partial charge in [-0.25, -0.2) is 4.98 Å². The van der Waals surface area contributed by atoms with Gasteiger partial charge in [0.2, 0.25) is 5.91 Å². The number of nitrogens with one attached hydrogen (secondary N) is 2. The Kier molecular flexibility index (Phi) is 6.12. The summed E-state index contributed by atoms with van der Waals surface area (Å²) >= 11 is 0. The van der Waals surface area contributed by atoms with E-state index in [4.69, 9.17) is 0 Å². The third-order valence-corrected chi connectivity index (χ3v) is 4.92. The lowest BCUT2D eigenvalue weighted by Crippen LogP contribution is -2.27. The Hall–Kier alpha value is -3.41. The van der Waals surface area contributed by atoms with E-state index in [-0.39, 0.29) is 17.9 Å². The number of amides is 2. The molecule has 29 heavy (non-hydrogen) atoms. The number of pyridine rings is 1. The monoisotopic (exact) mass is 390 g/mol. The fourth-order valence-electron chi connectivity index (χ4n) is 3.29. The average Bonchev–Trinajstić information content (AvgIpc) is 3.03. The van der Waals surface area contributed by atoms with E-state index in [1.54, 1.807) is 6.20 Å². The molecule has 0 aliphatic rings. The second-order valence-corrected chi connectivity index (χ2v) is 7.03. The van der Waals surface area contributed by atoms with Gasteiger partial charge in [0.15, 0.2) is 0 Å². The molecule has 0 radical (unpaired) electrons. The van der Waals surface area contributed by atoms with Gasteiger partial charge in [-0.15, -0.1) is 0 Å². The van der Waals surface area contributed by atoms with Gasteiger partial charge in [-0.3, -0.25) is 9.59 Å². The Morgan fingerprint density at radius 3 is 2.45 bits per heavy atom. The third kappa shape index (κ3) is 4.54. The van der Waals surface area contributed by atoms with Crippen LogP contribution in [0.15, 0.2) is 54.7 Å². The number of carbonyl (C=O) groups excluding carboxylic acids is 2. The predicted molar refractivity (Wildman–Crippen MR) is 114 cm³/mol. The van der Waals surface area contributed by atoms with Crippen LogP contribution in [0, 0.1) is 13.8 Å². The first-order valence-electron chi connectivity index (χ1n) is 9.71. The highest BCUT2D eigenvalue weighted by atomic mass is 16.2. The van der Waals surface area contributed by atoms with E-state index >= 15 is 0 Å². The molecule has 6 heteroatoms. The molecular formula is C23H26N4O2. The van der Waals surface area contributed by atoms with Crippen molar-refractivity contribution in [2.75, 3.05) is 5.32 Å². The fourth-order valence-corrected chi connectivity index (χ4v) is 3.29. The first kappa shape index (κ1) is 20.3. The van der Waals surface area contributed by atoms with Crippen molar-refractivity contribution in [2.45, 2.75) is 40.2 Å². The Balaban J connectivity index is 1.74. The van der Waals surface area contributed by atoms with Gasteiger partial charge in [0.05, 0.1) is 11.6 Å². The number of benzene rings is 1. The van der Waals surface area contributed by atoms with Crippen LogP contribution < -0.4 is 10.6 Å². The average molecular weight is 390 g/mol. The summed E-state index contributed by atoms with van der Waals surface area (Å²) in [4.78, 5) is 28.8. The van der Waals surface area contributed by atoms with Crippen LogP contribution in [0.5, 0.6) is 0 Å². The quantitative estimate of drug-likeness (QED) is 0.658. The van der Waals surface area contributed by atoms with Crippen LogP contribution in [0.1, 0.15) is 53.6 Å². The molecule has 150 valence electrons. The van der Waals surface area contributed by atoms with E-state index in [0.717, 1.165) is 28.5 Å². The molecule has 1 unspecified atom stereocenters. The molecule has 2 aromatic heterocycles. The SMILES string of the molecule is CCC(=O)Nc1ccc(C(C)NC(=O)c2cc(C)n(-c3ccccn3)c2C)cc1. The number of aromatic nitrogens is 2. The van der Waals surface area contributed by atoms with Gasteiger partial charge < -0.3 is 15.2 Å². The van der Waals surface area contributed by atoms with Gasteiger partial charge in [-0.1, -0.05) is 25.1 Å². The summed E-state index contributed by atoms with van der Waals surface area (Å²) < 4.78 is 1.98. The first-order valence-corrected chi connectivity index (χ1v) is 9.71. The Labute approximate surface area is 171 Å². The number of hydrogen-bond donors (Lipinski definition) is 2. The predicted octanol–water partition coefficient (Wildman–Crippen LogP) is 4.33. The summed E-state index contributed by atoms with van der Waals surface area (Å²) in [6.07, 6.45) is 2.17. The van der Waals surface area contributed by atoms with E-state index in [9.17, 15) is 9.59 Å². The molecule has 3 rings (SSSR count). The fraction of sp³-hybridized carbons (Fsp3) is 0.261. The summed E-state index contributed by atoms with van der Waals surface area (Å²) in [6, 6.07) is 14.9. The van der Waals surface area contributed by atoms with Crippen molar-refractivity contribution in [2.24, 2.45) is 0 Å². The maximum atomic E-state index is 12.9. The number of hydrogen-bond acceptors (Lipinski definition) is 3. The van der Waals surface area contributed by atoms with Gasteiger partial charge in [0.25, 0.3) is 5.91 Å². The van der Waals surface area contributed by atoms with Crippen molar-refractivity contribution in [1.29, 1.82) is 0 Å². The van der Waals surface area contributed by atoms with Crippen LogP contribution in [0.2, 0.25) is 0 Å². The Morgan fingerprint density at radius 1 is 1.10 bits per heavy atom. The van der Waals surface area contributed by atoms with E-state index < -0.39 is 0 Å². The summed E-state index contributed by atoms with van der Waals surface area (Å²) in [5, 5.41) is 5.88. The molecule has 3 aromatic rings. The molecule has 0 fully saturated rings. The van der Waals surface area contributed by atoms with Crippen LogP contribution in [-0.4, -0.2) is 21.4 Å². The summed E-state index contributed by atoms with van der Waals surface area (Å²) in [5.41, 5.74) is 4.15. The molecule has 1 aromatic carbocycles. The van der Waals surface area contributed by atoms with Crippen LogP contribution in [-0.2, 0) is 4.79 Å². The maximum Gasteiger partial charge on any atom is 0.253 e. The lowest BCUT2D eigenvalue weighted by molar-refractivity contribution is -0.115. The van der Waals surface area contributed by atoms with Crippen molar-refractivity contribution in [3.8, 4) is 5.82 Å². The minimum atomic E-state index is -0.170. The molecule has 6 nitrogen and oxygen atoms in total. The molecule has 2 N–H and O–H groups in total. The molecule has 0 saturated heterocycles. The smallest absolute Gasteiger partial charge is 0.253 e. The normalized spacial score (nSPS) is 11.7. The molecule has 0 aliphatic heterocycles.